The number of rotatable bonds is 10. The van der Waals surface area contributed by atoms with Crippen molar-refractivity contribution >= 4 is 27.5 Å². The van der Waals surface area contributed by atoms with Crippen LogP contribution in [-0.2, 0) is 26.2 Å². The SMILES string of the molecule is CC[C@@H](C(=O)NC)N(Cc1cccc(C)c1)C(=O)CN(c1ccccc1F)S(=O)(=O)c1ccc(C)cc1. The number of nitrogens with one attached hydrogen (secondary N) is 1. The molecule has 0 aromatic heterocycles. The predicted molar refractivity (Wildman–Crippen MR) is 142 cm³/mol. The van der Waals surface area contributed by atoms with Gasteiger partial charge in [0.25, 0.3) is 10.0 Å². The largest absolute Gasteiger partial charge is 0.357 e. The molecule has 3 rings (SSSR count). The summed E-state index contributed by atoms with van der Waals surface area (Å²) in [5, 5.41) is 2.58. The van der Waals surface area contributed by atoms with Gasteiger partial charge in [-0.05, 0) is 50.1 Å². The van der Waals surface area contributed by atoms with E-state index in [1.54, 1.807) is 19.1 Å². The van der Waals surface area contributed by atoms with Gasteiger partial charge < -0.3 is 10.2 Å². The van der Waals surface area contributed by atoms with Crippen LogP contribution < -0.4 is 9.62 Å². The van der Waals surface area contributed by atoms with Crippen LogP contribution in [0.3, 0.4) is 0 Å². The van der Waals surface area contributed by atoms with Crippen LogP contribution in [0, 0.1) is 19.7 Å². The Kier molecular flexibility index (Phi) is 9.04. The molecule has 3 aromatic carbocycles. The lowest BCUT2D eigenvalue weighted by Gasteiger charge is -2.33. The Balaban J connectivity index is 2.07. The van der Waals surface area contributed by atoms with E-state index in [1.807, 2.05) is 38.1 Å². The molecule has 9 heteroatoms. The number of aryl methyl sites for hydroxylation is 2. The number of hydrogen-bond donors (Lipinski definition) is 1. The van der Waals surface area contributed by atoms with E-state index in [0.29, 0.717) is 6.42 Å². The van der Waals surface area contributed by atoms with E-state index in [0.717, 1.165) is 27.1 Å². The van der Waals surface area contributed by atoms with E-state index in [9.17, 15) is 22.4 Å². The van der Waals surface area contributed by atoms with Crippen molar-refractivity contribution in [2.45, 2.75) is 44.7 Å². The second kappa shape index (κ2) is 12.0. The van der Waals surface area contributed by atoms with Crippen LogP contribution in [-0.4, -0.2) is 44.8 Å². The molecule has 1 atom stereocenters. The Morgan fingerprint density at radius 1 is 0.946 bits per heavy atom. The maximum atomic E-state index is 14.9. The quantitative estimate of drug-likeness (QED) is 0.430. The van der Waals surface area contributed by atoms with Gasteiger partial charge in [-0.15, -0.1) is 0 Å². The van der Waals surface area contributed by atoms with Crippen molar-refractivity contribution in [2.24, 2.45) is 0 Å². The number of para-hydroxylation sites is 1. The van der Waals surface area contributed by atoms with Crippen molar-refractivity contribution in [3.8, 4) is 0 Å². The number of likely N-dealkylation sites (N-methyl/N-ethyl adjacent to an activating group) is 1. The first-order valence-electron chi connectivity index (χ1n) is 12.0. The highest BCUT2D eigenvalue weighted by Gasteiger charge is 2.34. The smallest absolute Gasteiger partial charge is 0.264 e. The zero-order valence-electron chi connectivity index (χ0n) is 21.4. The van der Waals surface area contributed by atoms with E-state index >= 15 is 0 Å². The fourth-order valence-corrected chi connectivity index (χ4v) is 5.52. The molecule has 0 heterocycles. The van der Waals surface area contributed by atoms with E-state index in [2.05, 4.69) is 5.32 Å². The summed E-state index contributed by atoms with van der Waals surface area (Å²) < 4.78 is 43.1. The van der Waals surface area contributed by atoms with Crippen LogP contribution in [0.25, 0.3) is 0 Å². The molecule has 0 fully saturated rings. The summed E-state index contributed by atoms with van der Waals surface area (Å²) in [5.41, 5.74) is 2.37. The van der Waals surface area contributed by atoms with E-state index < -0.39 is 34.3 Å². The topological polar surface area (TPSA) is 86.8 Å². The molecule has 0 bridgehead atoms. The van der Waals surface area contributed by atoms with Gasteiger partial charge in [-0.3, -0.25) is 13.9 Å². The number of sulfonamides is 1. The van der Waals surface area contributed by atoms with Crippen molar-refractivity contribution in [3.63, 3.8) is 0 Å². The second-order valence-corrected chi connectivity index (χ2v) is 10.7. The lowest BCUT2D eigenvalue weighted by atomic mass is 10.1. The van der Waals surface area contributed by atoms with Gasteiger partial charge >= 0.3 is 0 Å². The molecule has 0 aliphatic heterocycles. The first-order chi connectivity index (χ1) is 17.6. The van der Waals surface area contributed by atoms with Gasteiger partial charge in [-0.25, -0.2) is 12.8 Å². The van der Waals surface area contributed by atoms with Crippen molar-refractivity contribution in [1.82, 2.24) is 10.2 Å². The van der Waals surface area contributed by atoms with Gasteiger partial charge in [0.15, 0.2) is 0 Å². The van der Waals surface area contributed by atoms with E-state index in [4.69, 9.17) is 0 Å². The van der Waals surface area contributed by atoms with Crippen LogP contribution in [0.15, 0.2) is 77.7 Å². The lowest BCUT2D eigenvalue weighted by molar-refractivity contribution is -0.140. The van der Waals surface area contributed by atoms with Crippen molar-refractivity contribution < 1.29 is 22.4 Å². The molecule has 0 saturated carbocycles. The first kappa shape index (κ1) is 27.9. The van der Waals surface area contributed by atoms with Gasteiger partial charge in [0.05, 0.1) is 10.6 Å². The average Bonchev–Trinajstić information content (AvgIpc) is 2.87. The number of amides is 2. The summed E-state index contributed by atoms with van der Waals surface area (Å²) in [4.78, 5) is 27.8. The summed E-state index contributed by atoms with van der Waals surface area (Å²) in [5.74, 6) is -1.78. The van der Waals surface area contributed by atoms with Gasteiger partial charge in [0.2, 0.25) is 11.8 Å². The number of nitrogens with zero attached hydrogens (tertiary/aromatic N) is 2. The number of carbonyl (C=O) groups is 2. The molecule has 0 spiro atoms. The van der Waals surface area contributed by atoms with E-state index in [-0.39, 0.29) is 23.0 Å². The van der Waals surface area contributed by atoms with Crippen molar-refractivity contribution in [1.29, 1.82) is 0 Å². The molecule has 196 valence electrons. The van der Waals surface area contributed by atoms with Gasteiger partial charge in [-0.2, -0.15) is 0 Å². The Labute approximate surface area is 218 Å². The van der Waals surface area contributed by atoms with Crippen LogP contribution in [0.4, 0.5) is 10.1 Å². The van der Waals surface area contributed by atoms with Crippen LogP contribution in [0.1, 0.15) is 30.0 Å². The Morgan fingerprint density at radius 2 is 1.62 bits per heavy atom. The summed E-state index contributed by atoms with van der Waals surface area (Å²) >= 11 is 0. The monoisotopic (exact) mass is 525 g/mol. The summed E-state index contributed by atoms with van der Waals surface area (Å²) in [6.07, 6.45) is 0.307. The Hall–Kier alpha value is -3.72. The molecule has 0 saturated heterocycles. The molecule has 0 unspecified atom stereocenters. The maximum Gasteiger partial charge on any atom is 0.264 e. The highest BCUT2D eigenvalue weighted by atomic mass is 32.2. The van der Waals surface area contributed by atoms with E-state index in [1.165, 1.54) is 42.3 Å². The highest BCUT2D eigenvalue weighted by Crippen LogP contribution is 2.27. The van der Waals surface area contributed by atoms with Gasteiger partial charge in [-0.1, -0.05) is 66.6 Å². The molecular formula is C28H32FN3O4S. The number of halogens is 1. The minimum atomic E-state index is -4.31. The van der Waals surface area contributed by atoms with Crippen LogP contribution in [0.5, 0.6) is 0 Å². The highest BCUT2D eigenvalue weighted by molar-refractivity contribution is 7.92. The molecule has 0 radical (unpaired) electrons. The first-order valence-corrected chi connectivity index (χ1v) is 13.4. The van der Waals surface area contributed by atoms with Crippen molar-refractivity contribution in [3.05, 3.63) is 95.3 Å². The third-order valence-electron chi connectivity index (χ3n) is 6.08. The third-order valence-corrected chi connectivity index (χ3v) is 7.85. The number of anilines is 1. The van der Waals surface area contributed by atoms with Crippen molar-refractivity contribution in [2.75, 3.05) is 17.9 Å². The summed E-state index contributed by atoms with van der Waals surface area (Å²) in [6, 6.07) is 18.2. The van der Waals surface area contributed by atoms with Crippen LogP contribution in [0.2, 0.25) is 0 Å². The minimum absolute atomic E-state index is 0.0715. The Morgan fingerprint density at radius 3 is 2.22 bits per heavy atom. The maximum absolute atomic E-state index is 14.9. The zero-order valence-corrected chi connectivity index (χ0v) is 22.3. The standard InChI is InChI=1S/C28H32FN3O4S/c1-5-25(28(34)30-4)31(18-22-10-8-9-21(3)17-22)27(33)19-32(26-12-7-6-11-24(26)29)37(35,36)23-15-13-20(2)14-16-23/h6-17,25H,5,18-19H2,1-4H3,(H,30,34)/t25-/m0/s1. The second-order valence-electron chi connectivity index (χ2n) is 8.83. The molecule has 0 aliphatic carbocycles. The number of hydrogen-bond acceptors (Lipinski definition) is 4. The number of benzene rings is 3. The summed E-state index contributed by atoms with van der Waals surface area (Å²) in [7, 11) is -2.83. The van der Waals surface area contributed by atoms with Crippen LogP contribution >= 0.6 is 0 Å². The minimum Gasteiger partial charge on any atom is -0.357 e. The Bertz CT molecular complexity index is 1360. The van der Waals surface area contributed by atoms with Gasteiger partial charge in [0, 0.05) is 13.6 Å². The lowest BCUT2D eigenvalue weighted by Crippen LogP contribution is -2.51. The fourth-order valence-electron chi connectivity index (χ4n) is 4.10. The molecule has 2 amide bonds. The normalized spacial score (nSPS) is 12.0. The third kappa shape index (κ3) is 6.54. The summed E-state index contributed by atoms with van der Waals surface area (Å²) in [6.45, 7) is 4.91. The number of carbonyl (C=O) groups excluding carboxylic acids is 2. The molecule has 1 N–H and O–H groups in total. The average molecular weight is 526 g/mol. The van der Waals surface area contributed by atoms with Gasteiger partial charge in [0.1, 0.15) is 18.4 Å². The predicted octanol–water partition coefficient (Wildman–Crippen LogP) is 4.19. The molecule has 7 nitrogen and oxygen atoms in total. The molecule has 37 heavy (non-hydrogen) atoms. The fraction of sp³-hybridized carbons (Fsp3) is 0.286. The molecule has 3 aromatic rings. The molecular weight excluding hydrogens is 493 g/mol. The molecule has 0 aliphatic rings. The zero-order chi connectivity index (χ0) is 27.2.